The summed E-state index contributed by atoms with van der Waals surface area (Å²) in [5.41, 5.74) is 5.79. The first kappa shape index (κ1) is 10.2. The van der Waals surface area contributed by atoms with Crippen molar-refractivity contribution in [2.24, 2.45) is 5.73 Å². The van der Waals surface area contributed by atoms with Gasteiger partial charge in [-0.3, -0.25) is 0 Å². The Balaban J connectivity index is 2.09. The molecule has 0 aliphatic heterocycles. The molecule has 1 saturated carbocycles. The topological polar surface area (TPSA) is 73.1 Å². The first-order valence-corrected chi connectivity index (χ1v) is 5.12. The van der Waals surface area contributed by atoms with Crippen molar-refractivity contribution in [1.82, 2.24) is 9.97 Å². The SMILES string of the molecule is COc1cc(NC2(CN)CCC2)ncn1. The molecule has 1 aliphatic rings. The fourth-order valence-corrected chi connectivity index (χ4v) is 1.77. The number of ether oxygens (including phenoxy) is 1. The predicted octanol–water partition coefficient (Wildman–Crippen LogP) is 0.778. The minimum atomic E-state index is 0.0410. The number of rotatable bonds is 4. The van der Waals surface area contributed by atoms with Crippen molar-refractivity contribution in [2.45, 2.75) is 24.8 Å². The molecule has 1 aliphatic carbocycles. The van der Waals surface area contributed by atoms with E-state index in [1.54, 1.807) is 13.2 Å². The minimum absolute atomic E-state index is 0.0410. The number of aromatic nitrogens is 2. The van der Waals surface area contributed by atoms with E-state index in [4.69, 9.17) is 10.5 Å². The molecule has 1 fully saturated rings. The molecule has 0 bridgehead atoms. The van der Waals surface area contributed by atoms with E-state index in [9.17, 15) is 0 Å². The zero-order valence-corrected chi connectivity index (χ0v) is 8.86. The Labute approximate surface area is 89.1 Å². The van der Waals surface area contributed by atoms with E-state index >= 15 is 0 Å². The highest BCUT2D eigenvalue weighted by Gasteiger charge is 2.35. The van der Waals surface area contributed by atoms with Crippen molar-refractivity contribution in [3.63, 3.8) is 0 Å². The van der Waals surface area contributed by atoms with E-state index in [0.29, 0.717) is 12.4 Å². The van der Waals surface area contributed by atoms with Crippen LogP contribution >= 0.6 is 0 Å². The minimum Gasteiger partial charge on any atom is -0.481 e. The Morgan fingerprint density at radius 2 is 2.33 bits per heavy atom. The van der Waals surface area contributed by atoms with Gasteiger partial charge in [0.05, 0.1) is 12.6 Å². The van der Waals surface area contributed by atoms with Crippen molar-refractivity contribution in [2.75, 3.05) is 19.0 Å². The Kier molecular flexibility index (Phi) is 2.73. The van der Waals surface area contributed by atoms with Crippen molar-refractivity contribution in [1.29, 1.82) is 0 Å². The van der Waals surface area contributed by atoms with Crippen molar-refractivity contribution < 1.29 is 4.74 Å². The number of methoxy groups -OCH3 is 1. The number of nitrogens with one attached hydrogen (secondary N) is 1. The van der Waals surface area contributed by atoms with Gasteiger partial charge in [0.15, 0.2) is 0 Å². The summed E-state index contributed by atoms with van der Waals surface area (Å²) in [6.45, 7) is 0.638. The second kappa shape index (κ2) is 4.02. The van der Waals surface area contributed by atoms with E-state index in [2.05, 4.69) is 15.3 Å². The van der Waals surface area contributed by atoms with Gasteiger partial charge in [-0.15, -0.1) is 0 Å². The highest BCUT2D eigenvalue weighted by Crippen LogP contribution is 2.34. The summed E-state index contributed by atoms with van der Waals surface area (Å²) in [7, 11) is 1.59. The first-order valence-electron chi connectivity index (χ1n) is 5.12. The number of hydrogen-bond acceptors (Lipinski definition) is 5. The van der Waals surface area contributed by atoms with Crippen LogP contribution in [0.15, 0.2) is 12.4 Å². The maximum Gasteiger partial charge on any atom is 0.218 e. The average molecular weight is 208 g/mol. The van der Waals surface area contributed by atoms with Crippen LogP contribution in [0.1, 0.15) is 19.3 Å². The fraction of sp³-hybridized carbons (Fsp3) is 0.600. The van der Waals surface area contributed by atoms with Crippen LogP contribution in [0.25, 0.3) is 0 Å². The van der Waals surface area contributed by atoms with Gasteiger partial charge in [-0.05, 0) is 19.3 Å². The summed E-state index contributed by atoms with van der Waals surface area (Å²) in [5, 5.41) is 3.36. The van der Waals surface area contributed by atoms with E-state index < -0.39 is 0 Å². The van der Waals surface area contributed by atoms with Gasteiger partial charge in [0, 0.05) is 12.6 Å². The lowest BCUT2D eigenvalue weighted by Crippen LogP contribution is -2.51. The van der Waals surface area contributed by atoms with Crippen LogP contribution in [-0.2, 0) is 0 Å². The van der Waals surface area contributed by atoms with Crippen LogP contribution in [0.2, 0.25) is 0 Å². The number of nitrogens with zero attached hydrogens (tertiary/aromatic N) is 2. The van der Waals surface area contributed by atoms with Gasteiger partial charge in [0.25, 0.3) is 0 Å². The standard InChI is InChI=1S/C10H16N4O/c1-15-9-5-8(12-7-13-9)14-10(6-11)3-2-4-10/h5,7H,2-4,6,11H2,1H3,(H,12,13,14). The lowest BCUT2D eigenvalue weighted by atomic mass is 9.77. The zero-order valence-electron chi connectivity index (χ0n) is 8.86. The van der Waals surface area contributed by atoms with Crippen LogP contribution in [0.4, 0.5) is 5.82 Å². The van der Waals surface area contributed by atoms with Crippen LogP contribution in [0.3, 0.4) is 0 Å². The van der Waals surface area contributed by atoms with Crippen molar-refractivity contribution in [3.8, 4) is 5.88 Å². The molecular formula is C10H16N4O. The van der Waals surface area contributed by atoms with Gasteiger partial charge in [0.1, 0.15) is 12.1 Å². The van der Waals surface area contributed by atoms with E-state index in [0.717, 1.165) is 18.7 Å². The molecule has 0 saturated heterocycles. The largest absolute Gasteiger partial charge is 0.481 e. The highest BCUT2D eigenvalue weighted by atomic mass is 16.5. The van der Waals surface area contributed by atoms with Crippen LogP contribution in [0.5, 0.6) is 5.88 Å². The molecule has 2 rings (SSSR count). The van der Waals surface area contributed by atoms with Crippen molar-refractivity contribution >= 4 is 5.82 Å². The maximum atomic E-state index is 5.75. The molecule has 3 N–H and O–H groups in total. The fourth-order valence-electron chi connectivity index (χ4n) is 1.77. The second-order valence-corrected chi connectivity index (χ2v) is 3.91. The van der Waals surface area contributed by atoms with E-state index in [1.165, 1.54) is 12.7 Å². The van der Waals surface area contributed by atoms with Gasteiger partial charge in [-0.1, -0.05) is 0 Å². The molecule has 0 aromatic carbocycles. The molecular weight excluding hydrogens is 192 g/mol. The Morgan fingerprint density at radius 3 is 2.87 bits per heavy atom. The third-order valence-corrected chi connectivity index (χ3v) is 2.95. The summed E-state index contributed by atoms with van der Waals surface area (Å²) >= 11 is 0. The Bertz CT molecular complexity index is 332. The van der Waals surface area contributed by atoms with Gasteiger partial charge < -0.3 is 15.8 Å². The summed E-state index contributed by atoms with van der Waals surface area (Å²) in [5.74, 6) is 1.35. The van der Waals surface area contributed by atoms with Crippen LogP contribution < -0.4 is 15.8 Å². The summed E-state index contributed by atoms with van der Waals surface area (Å²) < 4.78 is 5.03. The molecule has 0 spiro atoms. The molecule has 1 heterocycles. The van der Waals surface area contributed by atoms with E-state index in [1.807, 2.05) is 0 Å². The molecule has 15 heavy (non-hydrogen) atoms. The van der Waals surface area contributed by atoms with Gasteiger partial charge in [0.2, 0.25) is 5.88 Å². The molecule has 0 radical (unpaired) electrons. The second-order valence-electron chi connectivity index (χ2n) is 3.91. The molecule has 82 valence electrons. The molecule has 0 atom stereocenters. The number of hydrogen-bond donors (Lipinski definition) is 2. The zero-order chi connectivity index (χ0) is 10.7. The third-order valence-electron chi connectivity index (χ3n) is 2.95. The maximum absolute atomic E-state index is 5.75. The molecule has 1 aromatic rings. The smallest absolute Gasteiger partial charge is 0.218 e. The van der Waals surface area contributed by atoms with Gasteiger partial charge in [-0.25, -0.2) is 9.97 Å². The highest BCUT2D eigenvalue weighted by molar-refractivity contribution is 5.41. The predicted molar refractivity (Wildman–Crippen MR) is 57.8 cm³/mol. The Morgan fingerprint density at radius 1 is 1.53 bits per heavy atom. The van der Waals surface area contributed by atoms with Gasteiger partial charge in [-0.2, -0.15) is 0 Å². The van der Waals surface area contributed by atoms with Crippen LogP contribution in [0, 0.1) is 0 Å². The normalized spacial score (nSPS) is 18.0. The first-order chi connectivity index (χ1) is 7.28. The lowest BCUT2D eigenvalue weighted by Gasteiger charge is -2.42. The van der Waals surface area contributed by atoms with E-state index in [-0.39, 0.29) is 5.54 Å². The average Bonchev–Trinajstić information content (AvgIpc) is 2.24. The van der Waals surface area contributed by atoms with Crippen LogP contribution in [-0.4, -0.2) is 29.2 Å². The number of anilines is 1. The summed E-state index contributed by atoms with van der Waals surface area (Å²) in [4.78, 5) is 8.10. The third kappa shape index (κ3) is 2.02. The van der Waals surface area contributed by atoms with Gasteiger partial charge >= 0.3 is 0 Å². The molecule has 0 amide bonds. The lowest BCUT2D eigenvalue weighted by molar-refractivity contribution is 0.286. The molecule has 0 unspecified atom stereocenters. The summed E-state index contributed by atoms with van der Waals surface area (Å²) in [6.07, 6.45) is 4.93. The Hall–Kier alpha value is -1.36. The molecule has 5 nitrogen and oxygen atoms in total. The summed E-state index contributed by atoms with van der Waals surface area (Å²) in [6, 6.07) is 1.79. The molecule has 5 heteroatoms. The van der Waals surface area contributed by atoms with Crippen molar-refractivity contribution in [3.05, 3.63) is 12.4 Å². The molecule has 1 aromatic heterocycles. The quantitative estimate of drug-likeness (QED) is 0.765. The monoisotopic (exact) mass is 208 g/mol. The number of nitrogens with two attached hydrogens (primary N) is 1.